The molecule has 0 aliphatic heterocycles. The topological polar surface area (TPSA) is 211 Å². The molecule has 0 saturated carbocycles. The molecule has 12 nitrogen and oxygen atoms in total. The lowest BCUT2D eigenvalue weighted by Gasteiger charge is -2.27. The molecule has 0 bridgehead atoms. The molecule has 0 aliphatic rings. The summed E-state index contributed by atoms with van der Waals surface area (Å²) in [5.41, 5.74) is 5.80. The van der Waals surface area contributed by atoms with Gasteiger partial charge >= 0.3 is 5.97 Å². The number of carboxylic acid groups (broad SMARTS) is 1. The minimum Gasteiger partial charge on any atom is -0.480 e. The van der Waals surface area contributed by atoms with Gasteiger partial charge in [-0.3, -0.25) is 14.4 Å². The van der Waals surface area contributed by atoms with Crippen molar-refractivity contribution in [2.45, 2.75) is 70.5 Å². The van der Waals surface area contributed by atoms with Gasteiger partial charge in [0.05, 0.1) is 24.9 Å². The predicted molar refractivity (Wildman–Crippen MR) is 101 cm³/mol. The molecule has 0 rings (SSSR count). The Morgan fingerprint density at radius 1 is 0.862 bits per heavy atom. The molecule has 7 unspecified atom stereocenters. The minimum atomic E-state index is -1.66. The lowest BCUT2D eigenvalue weighted by molar-refractivity contribution is -0.145. The summed E-state index contributed by atoms with van der Waals surface area (Å²) < 4.78 is 0. The van der Waals surface area contributed by atoms with Crippen LogP contribution in [0.25, 0.3) is 0 Å². The maximum absolute atomic E-state index is 12.4. The summed E-state index contributed by atoms with van der Waals surface area (Å²) in [5.74, 6) is -4.42. The third-order valence-corrected chi connectivity index (χ3v) is 4.48. The van der Waals surface area contributed by atoms with Gasteiger partial charge in [0.25, 0.3) is 0 Å². The van der Waals surface area contributed by atoms with Gasteiger partial charge in [-0.05, 0) is 19.8 Å². The van der Waals surface area contributed by atoms with Crippen molar-refractivity contribution in [3.8, 4) is 0 Å². The van der Waals surface area contributed by atoms with E-state index < -0.39 is 66.7 Å². The molecule has 0 heterocycles. The molecule has 9 N–H and O–H groups in total. The number of hydrogen-bond acceptors (Lipinski definition) is 8. The Hall–Kier alpha value is -2.28. The third-order valence-electron chi connectivity index (χ3n) is 4.48. The summed E-state index contributed by atoms with van der Waals surface area (Å²) in [7, 11) is 0. The van der Waals surface area contributed by atoms with Gasteiger partial charge in [0.1, 0.15) is 12.1 Å². The van der Waals surface area contributed by atoms with Gasteiger partial charge in [-0.1, -0.05) is 20.3 Å². The number of aliphatic carboxylic acids is 1. The minimum absolute atomic E-state index is 0.183. The van der Waals surface area contributed by atoms with E-state index in [9.17, 15) is 34.5 Å². The Bertz CT molecular complexity index is 584. The maximum atomic E-state index is 12.4. The fourth-order valence-corrected chi connectivity index (χ4v) is 2.27. The maximum Gasteiger partial charge on any atom is 0.328 e. The molecule has 0 aromatic heterocycles. The monoisotopic (exact) mass is 420 g/mol. The second-order valence-electron chi connectivity index (χ2n) is 6.95. The zero-order valence-corrected chi connectivity index (χ0v) is 17.0. The first-order valence-corrected chi connectivity index (χ1v) is 9.23. The van der Waals surface area contributed by atoms with Crippen LogP contribution in [0.3, 0.4) is 0 Å². The Kier molecular flexibility index (Phi) is 11.3. The van der Waals surface area contributed by atoms with Crippen LogP contribution in [0.1, 0.15) is 34.1 Å². The summed E-state index contributed by atoms with van der Waals surface area (Å²) in [5, 5.41) is 44.0. The van der Waals surface area contributed by atoms with Gasteiger partial charge in [-0.25, -0.2) is 4.79 Å². The predicted octanol–water partition coefficient (Wildman–Crippen LogP) is -3.35. The van der Waals surface area contributed by atoms with Crippen LogP contribution in [0, 0.1) is 5.92 Å². The number of carboxylic acids is 1. The van der Waals surface area contributed by atoms with E-state index in [1.54, 1.807) is 6.92 Å². The van der Waals surface area contributed by atoms with Crippen molar-refractivity contribution >= 4 is 23.7 Å². The number of carbonyl (C=O) groups excluding carboxylic acids is 3. The molecule has 7 atom stereocenters. The lowest BCUT2D eigenvalue weighted by Crippen LogP contribution is -2.61. The van der Waals surface area contributed by atoms with Crippen LogP contribution in [-0.4, -0.2) is 87.1 Å². The molecule has 168 valence electrons. The second-order valence-corrected chi connectivity index (χ2v) is 6.95. The molecule has 12 heteroatoms. The molecule has 0 aromatic rings. The van der Waals surface area contributed by atoms with E-state index in [1.165, 1.54) is 6.92 Å². The fourth-order valence-electron chi connectivity index (χ4n) is 2.27. The summed E-state index contributed by atoms with van der Waals surface area (Å²) in [6, 6.07) is -5.63. The first-order valence-electron chi connectivity index (χ1n) is 9.23. The van der Waals surface area contributed by atoms with Gasteiger partial charge < -0.3 is 42.1 Å². The number of aliphatic hydroxyl groups excluding tert-OH is 3. The van der Waals surface area contributed by atoms with Crippen LogP contribution >= 0.6 is 0 Å². The highest BCUT2D eigenvalue weighted by Gasteiger charge is 2.33. The number of nitrogens with one attached hydrogen (secondary N) is 3. The van der Waals surface area contributed by atoms with Gasteiger partial charge in [-0.2, -0.15) is 0 Å². The molecule has 29 heavy (non-hydrogen) atoms. The quantitative estimate of drug-likeness (QED) is 0.158. The molecule has 3 amide bonds. The number of hydrogen-bond donors (Lipinski definition) is 8. The van der Waals surface area contributed by atoms with Crippen LogP contribution in [0.4, 0.5) is 0 Å². The SMILES string of the molecule is CCC(C)C(N)C(=O)NC(C(=O)NC(CO)C(=O)NC(C(=O)O)C(C)O)C(C)O. The molecule has 0 radical (unpaired) electrons. The zero-order valence-electron chi connectivity index (χ0n) is 17.0. The van der Waals surface area contributed by atoms with E-state index in [2.05, 4.69) is 10.6 Å². The number of amides is 3. The van der Waals surface area contributed by atoms with Crippen molar-refractivity contribution < 1.29 is 39.6 Å². The first-order chi connectivity index (χ1) is 13.4. The Morgan fingerprint density at radius 2 is 1.34 bits per heavy atom. The van der Waals surface area contributed by atoms with Crippen molar-refractivity contribution in [1.29, 1.82) is 0 Å². The average Bonchev–Trinajstić information content (AvgIpc) is 2.65. The smallest absolute Gasteiger partial charge is 0.328 e. The summed E-state index contributed by atoms with van der Waals surface area (Å²) in [6.45, 7) is 5.07. The number of aliphatic hydroxyl groups is 3. The van der Waals surface area contributed by atoms with Gasteiger partial charge in [0.2, 0.25) is 17.7 Å². The van der Waals surface area contributed by atoms with Crippen LogP contribution in [-0.2, 0) is 19.2 Å². The zero-order chi connectivity index (χ0) is 22.9. The van der Waals surface area contributed by atoms with Crippen molar-refractivity contribution in [1.82, 2.24) is 16.0 Å². The fraction of sp³-hybridized carbons (Fsp3) is 0.765. The van der Waals surface area contributed by atoms with E-state index in [-0.39, 0.29) is 5.92 Å². The summed E-state index contributed by atoms with van der Waals surface area (Å²) >= 11 is 0. The first kappa shape index (κ1) is 26.7. The van der Waals surface area contributed by atoms with E-state index in [0.717, 1.165) is 6.92 Å². The highest BCUT2D eigenvalue weighted by Crippen LogP contribution is 2.06. The van der Waals surface area contributed by atoms with Gasteiger partial charge in [0.15, 0.2) is 6.04 Å². The highest BCUT2D eigenvalue weighted by atomic mass is 16.4. The van der Waals surface area contributed by atoms with Crippen molar-refractivity contribution in [3.63, 3.8) is 0 Å². The van der Waals surface area contributed by atoms with Gasteiger partial charge in [-0.15, -0.1) is 0 Å². The van der Waals surface area contributed by atoms with E-state index in [1.807, 2.05) is 12.2 Å². The van der Waals surface area contributed by atoms with Crippen LogP contribution in [0.2, 0.25) is 0 Å². The van der Waals surface area contributed by atoms with Crippen molar-refractivity contribution in [3.05, 3.63) is 0 Å². The Balaban J connectivity index is 5.20. The normalized spacial score (nSPS) is 18.3. The van der Waals surface area contributed by atoms with Crippen molar-refractivity contribution in [2.24, 2.45) is 11.7 Å². The lowest BCUT2D eigenvalue weighted by atomic mass is 9.98. The summed E-state index contributed by atoms with van der Waals surface area (Å²) in [4.78, 5) is 47.8. The van der Waals surface area contributed by atoms with E-state index in [0.29, 0.717) is 6.42 Å². The number of nitrogens with two attached hydrogens (primary N) is 1. The van der Waals surface area contributed by atoms with Crippen molar-refractivity contribution in [2.75, 3.05) is 6.61 Å². The third kappa shape index (κ3) is 8.31. The molecular formula is C17H32N4O8. The van der Waals surface area contributed by atoms with Crippen LogP contribution in [0.5, 0.6) is 0 Å². The van der Waals surface area contributed by atoms with E-state index >= 15 is 0 Å². The molecular weight excluding hydrogens is 388 g/mol. The molecule has 0 aromatic carbocycles. The largest absolute Gasteiger partial charge is 0.480 e. The standard InChI is InChI=1S/C17H32N4O8/c1-5-7(2)11(18)15(26)20-12(8(3)23)16(27)19-10(6-22)14(25)21-13(9(4)24)17(28)29/h7-13,22-24H,5-6,18H2,1-4H3,(H,19,27)(H,20,26)(H,21,25)(H,28,29). The second kappa shape index (κ2) is 12.3. The average molecular weight is 420 g/mol. The molecule has 0 saturated heterocycles. The summed E-state index contributed by atoms with van der Waals surface area (Å²) in [6.07, 6.45) is -2.17. The molecule has 0 fully saturated rings. The number of rotatable bonds is 12. The van der Waals surface area contributed by atoms with Crippen LogP contribution in [0.15, 0.2) is 0 Å². The van der Waals surface area contributed by atoms with Gasteiger partial charge in [0, 0.05) is 0 Å². The molecule has 0 aliphatic carbocycles. The Labute approximate surface area is 168 Å². The highest BCUT2D eigenvalue weighted by molar-refractivity contribution is 5.94. The molecule has 0 spiro atoms. The number of carbonyl (C=O) groups is 4. The van der Waals surface area contributed by atoms with E-state index in [4.69, 9.17) is 10.8 Å². The van der Waals surface area contributed by atoms with Crippen LogP contribution < -0.4 is 21.7 Å². The Morgan fingerprint density at radius 3 is 1.72 bits per heavy atom.